The number of sulfonamides is 1. The van der Waals surface area contributed by atoms with E-state index in [2.05, 4.69) is 34.1 Å². The lowest BCUT2D eigenvalue weighted by Crippen LogP contribution is -2.31. The van der Waals surface area contributed by atoms with Gasteiger partial charge in [-0.2, -0.15) is 9.30 Å². The molecular weight excluding hydrogens is 538 g/mol. The van der Waals surface area contributed by atoms with Crippen LogP contribution in [0.25, 0.3) is 10.2 Å². The van der Waals surface area contributed by atoms with Gasteiger partial charge in [-0.15, -0.1) is 13.2 Å². The standard InChI is InChI=1S/C24H26BrN3O4S2/c1-4-13-27(14-5-2)34(30,31)20-10-7-18(8-11-20)23(29)26-24-28(15-16-32-6-3)21-12-9-19(25)17-22(21)33-24/h4-5,7-12,17H,1-2,6,13-16H2,3H3. The van der Waals surface area contributed by atoms with Crippen LogP contribution in [0.3, 0.4) is 0 Å². The van der Waals surface area contributed by atoms with Crippen molar-refractivity contribution in [2.75, 3.05) is 26.3 Å². The predicted octanol–water partition coefficient (Wildman–Crippen LogP) is 4.61. The molecule has 0 N–H and O–H groups in total. The Hall–Kier alpha value is -2.37. The Morgan fingerprint density at radius 1 is 1.18 bits per heavy atom. The third kappa shape index (κ3) is 6.00. The van der Waals surface area contributed by atoms with Crippen LogP contribution in [-0.2, 0) is 21.3 Å². The number of carbonyl (C=O) groups is 1. The monoisotopic (exact) mass is 563 g/mol. The van der Waals surface area contributed by atoms with Gasteiger partial charge in [-0.05, 0) is 49.4 Å². The maximum atomic E-state index is 12.9. The number of fused-ring (bicyclic) bond motifs is 1. The van der Waals surface area contributed by atoms with Crippen molar-refractivity contribution < 1.29 is 17.9 Å². The van der Waals surface area contributed by atoms with Crippen LogP contribution in [0.15, 0.2) is 82.1 Å². The van der Waals surface area contributed by atoms with Crippen molar-refractivity contribution in [3.63, 3.8) is 0 Å². The van der Waals surface area contributed by atoms with E-state index >= 15 is 0 Å². The molecule has 10 heteroatoms. The summed E-state index contributed by atoms with van der Waals surface area (Å²) < 4.78 is 36.4. The summed E-state index contributed by atoms with van der Waals surface area (Å²) >= 11 is 4.89. The van der Waals surface area contributed by atoms with Gasteiger partial charge in [-0.3, -0.25) is 4.79 Å². The van der Waals surface area contributed by atoms with Gasteiger partial charge < -0.3 is 9.30 Å². The van der Waals surface area contributed by atoms with Crippen molar-refractivity contribution in [1.82, 2.24) is 8.87 Å². The number of hydrogen-bond acceptors (Lipinski definition) is 5. The molecule has 1 heterocycles. The summed E-state index contributed by atoms with van der Waals surface area (Å²) in [5.41, 5.74) is 1.26. The minimum absolute atomic E-state index is 0.0891. The number of rotatable bonds is 11. The number of ether oxygens (including phenoxy) is 1. The Morgan fingerprint density at radius 2 is 1.85 bits per heavy atom. The van der Waals surface area contributed by atoms with E-state index < -0.39 is 15.9 Å². The lowest BCUT2D eigenvalue weighted by Gasteiger charge is -2.19. The molecule has 0 bridgehead atoms. The number of thiazole rings is 1. The maximum Gasteiger partial charge on any atom is 0.279 e. The fourth-order valence-corrected chi connectivity index (χ4v) is 6.27. The number of carbonyl (C=O) groups excluding carboxylic acids is 1. The van der Waals surface area contributed by atoms with Crippen LogP contribution < -0.4 is 4.80 Å². The van der Waals surface area contributed by atoms with E-state index in [0.29, 0.717) is 30.1 Å². The molecule has 3 rings (SSSR count). The molecule has 180 valence electrons. The summed E-state index contributed by atoms with van der Waals surface area (Å²) in [7, 11) is -3.74. The maximum absolute atomic E-state index is 12.9. The first-order chi connectivity index (χ1) is 16.3. The van der Waals surface area contributed by atoms with Gasteiger partial charge in [-0.25, -0.2) is 8.42 Å². The molecule has 1 aromatic heterocycles. The molecule has 34 heavy (non-hydrogen) atoms. The molecule has 0 aliphatic rings. The highest BCUT2D eigenvalue weighted by Crippen LogP contribution is 2.22. The van der Waals surface area contributed by atoms with Crippen LogP contribution in [-0.4, -0.2) is 49.5 Å². The molecule has 0 radical (unpaired) electrons. The zero-order valence-electron chi connectivity index (χ0n) is 18.8. The van der Waals surface area contributed by atoms with Crippen LogP contribution in [0.1, 0.15) is 17.3 Å². The van der Waals surface area contributed by atoms with E-state index in [0.717, 1.165) is 14.7 Å². The van der Waals surface area contributed by atoms with Gasteiger partial charge in [0.05, 0.1) is 21.7 Å². The number of hydrogen-bond donors (Lipinski definition) is 0. The zero-order chi connectivity index (χ0) is 24.7. The summed E-state index contributed by atoms with van der Waals surface area (Å²) in [5.74, 6) is -0.450. The second-order valence-electron chi connectivity index (χ2n) is 7.19. The molecule has 0 spiro atoms. The highest BCUT2D eigenvalue weighted by Gasteiger charge is 2.22. The highest BCUT2D eigenvalue weighted by atomic mass is 79.9. The molecule has 7 nitrogen and oxygen atoms in total. The minimum Gasteiger partial charge on any atom is -0.380 e. The van der Waals surface area contributed by atoms with Gasteiger partial charge in [0.15, 0.2) is 4.80 Å². The molecule has 0 unspecified atom stereocenters. The van der Waals surface area contributed by atoms with Crippen LogP contribution in [0.5, 0.6) is 0 Å². The average Bonchev–Trinajstić information content (AvgIpc) is 3.15. The summed E-state index contributed by atoms with van der Waals surface area (Å²) in [6.07, 6.45) is 3.03. The quantitative estimate of drug-likeness (QED) is 0.252. The molecular formula is C24H26BrN3O4S2. The molecule has 0 aliphatic carbocycles. The van der Waals surface area contributed by atoms with Crippen molar-refractivity contribution in [2.45, 2.75) is 18.4 Å². The van der Waals surface area contributed by atoms with E-state index in [9.17, 15) is 13.2 Å². The van der Waals surface area contributed by atoms with Gasteiger partial charge in [0.1, 0.15) is 0 Å². The molecule has 3 aromatic rings. The van der Waals surface area contributed by atoms with Gasteiger partial charge >= 0.3 is 0 Å². The Labute approximate surface area is 211 Å². The average molecular weight is 565 g/mol. The molecule has 0 aliphatic heterocycles. The normalized spacial score (nSPS) is 12.4. The SMILES string of the molecule is C=CCN(CC=C)S(=O)(=O)c1ccc(C(=O)N=c2sc3cc(Br)ccc3n2CCOCC)cc1. The minimum atomic E-state index is -3.74. The van der Waals surface area contributed by atoms with Crippen LogP contribution >= 0.6 is 27.3 Å². The molecule has 0 fully saturated rings. The smallest absolute Gasteiger partial charge is 0.279 e. The topological polar surface area (TPSA) is 81.0 Å². The number of nitrogens with zero attached hydrogens (tertiary/aromatic N) is 3. The van der Waals surface area contributed by atoms with E-state index in [1.165, 1.54) is 52.1 Å². The first-order valence-corrected chi connectivity index (χ1v) is 13.6. The largest absolute Gasteiger partial charge is 0.380 e. The Bertz CT molecular complexity index is 1350. The van der Waals surface area contributed by atoms with Crippen LogP contribution in [0.4, 0.5) is 0 Å². The van der Waals surface area contributed by atoms with Gasteiger partial charge in [0.2, 0.25) is 10.0 Å². The summed E-state index contributed by atoms with van der Waals surface area (Å²) in [5, 5.41) is 0. The van der Waals surface area contributed by atoms with Crippen molar-refractivity contribution in [2.24, 2.45) is 4.99 Å². The molecule has 1 amide bonds. The molecule has 0 saturated heterocycles. The van der Waals surface area contributed by atoms with Gasteiger partial charge in [0.25, 0.3) is 5.91 Å². The highest BCUT2D eigenvalue weighted by molar-refractivity contribution is 9.10. The van der Waals surface area contributed by atoms with Crippen LogP contribution in [0.2, 0.25) is 0 Å². The molecule has 0 saturated carbocycles. The van der Waals surface area contributed by atoms with Crippen LogP contribution in [0, 0.1) is 0 Å². The predicted molar refractivity (Wildman–Crippen MR) is 139 cm³/mol. The van der Waals surface area contributed by atoms with E-state index in [-0.39, 0.29) is 18.0 Å². The molecule has 0 atom stereocenters. The van der Waals surface area contributed by atoms with Crippen molar-refractivity contribution >= 4 is 53.4 Å². The first-order valence-electron chi connectivity index (χ1n) is 10.6. The van der Waals surface area contributed by atoms with E-state index in [1.807, 2.05) is 29.7 Å². The zero-order valence-corrected chi connectivity index (χ0v) is 22.0. The Morgan fingerprint density at radius 3 is 2.47 bits per heavy atom. The van der Waals surface area contributed by atoms with E-state index in [4.69, 9.17) is 4.74 Å². The van der Waals surface area contributed by atoms with Crippen molar-refractivity contribution in [3.05, 3.63) is 82.6 Å². The first kappa shape index (κ1) is 26.2. The third-order valence-corrected chi connectivity index (χ3v) is 8.29. The summed E-state index contributed by atoms with van der Waals surface area (Å²) in [6, 6.07) is 11.7. The number of amides is 1. The number of halogens is 1. The fraction of sp³-hybridized carbons (Fsp3) is 0.250. The lowest BCUT2D eigenvalue weighted by atomic mass is 10.2. The summed E-state index contributed by atoms with van der Waals surface area (Å²) in [4.78, 5) is 17.9. The van der Waals surface area contributed by atoms with Gasteiger partial charge in [-0.1, -0.05) is 39.4 Å². The lowest BCUT2D eigenvalue weighted by molar-refractivity contribution is 0.0996. The fourth-order valence-electron chi connectivity index (χ4n) is 3.28. The third-order valence-electron chi connectivity index (χ3n) is 4.91. The van der Waals surface area contributed by atoms with E-state index in [1.54, 1.807) is 0 Å². The van der Waals surface area contributed by atoms with Crippen molar-refractivity contribution in [3.8, 4) is 0 Å². The number of aromatic nitrogens is 1. The Kier molecular flexibility index (Phi) is 9.15. The van der Waals surface area contributed by atoms with Crippen molar-refractivity contribution in [1.29, 1.82) is 0 Å². The molecule has 2 aromatic carbocycles. The second kappa shape index (κ2) is 11.9. The summed E-state index contributed by atoms with van der Waals surface area (Å²) in [6.45, 7) is 11.1. The second-order valence-corrected chi connectivity index (χ2v) is 11.0. The number of benzene rings is 2. The van der Waals surface area contributed by atoms with Gasteiger partial charge in [0, 0.05) is 36.3 Å². The Balaban J connectivity index is 1.94.